The van der Waals surface area contributed by atoms with Gasteiger partial charge >= 0.3 is 7.82 Å². The average molecular weight is 422 g/mol. The van der Waals surface area contributed by atoms with Gasteiger partial charge in [-0.05, 0) is 32.1 Å². The predicted octanol–water partition coefficient (Wildman–Crippen LogP) is 4.57. The fourth-order valence-corrected chi connectivity index (χ4v) is 3.16. The molecule has 0 heterocycles. The lowest BCUT2D eigenvalue weighted by Gasteiger charge is -2.13. The van der Waals surface area contributed by atoms with Gasteiger partial charge in [0.1, 0.15) is 6.61 Å². The minimum absolute atomic E-state index is 0.283. The Hall–Kier alpha value is -0.720. The van der Waals surface area contributed by atoms with E-state index in [9.17, 15) is 14.5 Å². The first-order chi connectivity index (χ1) is 13.3. The number of allylic oxidation sites excluding steroid dienone is 2. The zero-order valence-corrected chi connectivity index (χ0v) is 18.2. The van der Waals surface area contributed by atoms with Gasteiger partial charge in [-0.2, -0.15) is 0 Å². The van der Waals surface area contributed by atoms with Crippen LogP contribution in [0.5, 0.6) is 0 Å². The summed E-state index contributed by atoms with van der Waals surface area (Å²) in [6, 6.07) is 0. The van der Waals surface area contributed by atoms with Gasteiger partial charge in [-0.15, -0.1) is 0 Å². The molecule has 7 nitrogen and oxygen atoms in total. The fourth-order valence-electron chi connectivity index (χ4n) is 2.82. The van der Waals surface area contributed by atoms with Crippen LogP contribution in [0.15, 0.2) is 12.2 Å². The van der Waals surface area contributed by atoms with Crippen LogP contribution in [0, 0.1) is 0 Å². The molecule has 0 unspecified atom stereocenters. The van der Waals surface area contributed by atoms with Crippen molar-refractivity contribution in [2.75, 3.05) is 6.61 Å². The molecule has 1 amide bonds. The van der Waals surface area contributed by atoms with Crippen LogP contribution in [0.4, 0.5) is 0 Å². The van der Waals surface area contributed by atoms with Crippen LogP contribution in [-0.4, -0.2) is 33.6 Å². The van der Waals surface area contributed by atoms with Gasteiger partial charge in [-0.25, -0.2) is 4.57 Å². The summed E-state index contributed by atoms with van der Waals surface area (Å²) in [5.74, 6) is -0.348. The zero-order chi connectivity index (χ0) is 21.1. The van der Waals surface area contributed by atoms with E-state index in [0.29, 0.717) is 0 Å². The first kappa shape index (κ1) is 27.3. The Morgan fingerprint density at radius 2 is 1.43 bits per heavy atom. The minimum atomic E-state index is -4.63. The van der Waals surface area contributed by atoms with Crippen molar-refractivity contribution >= 4 is 13.7 Å². The van der Waals surface area contributed by atoms with E-state index in [-0.39, 0.29) is 12.3 Å². The topological polar surface area (TPSA) is 116 Å². The molecule has 0 rings (SSSR count). The molecule has 4 N–H and O–H groups in total. The Kier molecular flexibility index (Phi) is 17.8. The Balaban J connectivity index is 3.39. The Morgan fingerprint density at radius 1 is 0.929 bits per heavy atom. The second-order valence-corrected chi connectivity index (χ2v) is 8.44. The monoisotopic (exact) mass is 421 g/mol. The largest absolute Gasteiger partial charge is 0.469 e. The van der Waals surface area contributed by atoms with Crippen molar-refractivity contribution in [1.82, 2.24) is 5.32 Å². The van der Waals surface area contributed by atoms with E-state index < -0.39 is 20.7 Å². The highest BCUT2D eigenvalue weighted by Gasteiger charge is 2.17. The summed E-state index contributed by atoms with van der Waals surface area (Å²) in [7, 11) is -4.63. The maximum Gasteiger partial charge on any atom is 0.469 e. The van der Waals surface area contributed by atoms with Crippen molar-refractivity contribution in [3.63, 3.8) is 0 Å². The van der Waals surface area contributed by atoms with Crippen molar-refractivity contribution in [3.05, 3.63) is 12.2 Å². The average Bonchev–Trinajstić information content (AvgIpc) is 2.62. The lowest BCUT2D eigenvalue weighted by Crippen LogP contribution is -2.37. The number of carbonyl (C=O) groups excluding carboxylic acids is 1. The number of phosphoric acid groups is 1. The second kappa shape index (κ2) is 18.3. The highest BCUT2D eigenvalue weighted by molar-refractivity contribution is 7.46. The molecule has 8 heteroatoms. The summed E-state index contributed by atoms with van der Waals surface area (Å²) in [6.07, 6.45) is 18.8. The molecular formula is C20H40NO6P. The molecule has 0 aromatic heterocycles. The first-order valence-electron chi connectivity index (χ1n) is 10.7. The number of nitrogens with one attached hydrogen (secondary N) is 1. The smallest absolute Gasteiger partial charge is 0.371 e. The molecule has 0 bridgehead atoms. The van der Waals surface area contributed by atoms with E-state index >= 15 is 0 Å². The van der Waals surface area contributed by atoms with Crippen molar-refractivity contribution in [2.45, 2.75) is 103 Å². The molecule has 0 aliphatic heterocycles. The van der Waals surface area contributed by atoms with Gasteiger partial charge in [0.2, 0.25) is 5.91 Å². The summed E-state index contributed by atoms with van der Waals surface area (Å²) >= 11 is 0. The molecule has 1 atom stereocenters. The normalized spacial score (nSPS) is 13.1. The molecule has 166 valence electrons. The van der Waals surface area contributed by atoms with Crippen LogP contribution in [0.1, 0.15) is 96.8 Å². The highest BCUT2D eigenvalue weighted by atomic mass is 31.2. The van der Waals surface area contributed by atoms with Crippen molar-refractivity contribution in [3.8, 4) is 0 Å². The third-order valence-electron chi connectivity index (χ3n) is 4.39. The van der Waals surface area contributed by atoms with Gasteiger partial charge in [-0.3, -0.25) is 9.32 Å². The standard InChI is InChI=1S/C20H40NO6P/c1-2-3-4-5-6-7-8-9-10-11-12-13-14-15-16-17-19(22)21-20(23)18-27-28(24,25)26/h9-10,20,23H,2-8,11-18H2,1H3,(H,21,22)(H2,24,25,26)/b10-9-/t20-/m1/s1. The molecule has 0 aromatic rings. The van der Waals surface area contributed by atoms with E-state index in [0.717, 1.165) is 38.5 Å². The van der Waals surface area contributed by atoms with Gasteiger partial charge in [-0.1, -0.05) is 70.4 Å². The number of carbonyl (C=O) groups is 1. The molecular weight excluding hydrogens is 381 g/mol. The molecule has 0 fully saturated rings. The highest BCUT2D eigenvalue weighted by Crippen LogP contribution is 2.35. The van der Waals surface area contributed by atoms with Crippen LogP contribution in [-0.2, 0) is 13.9 Å². The Morgan fingerprint density at radius 3 is 1.96 bits per heavy atom. The fraction of sp³-hybridized carbons (Fsp3) is 0.850. The van der Waals surface area contributed by atoms with Crippen LogP contribution < -0.4 is 5.32 Å². The van der Waals surface area contributed by atoms with Gasteiger partial charge in [0, 0.05) is 6.42 Å². The van der Waals surface area contributed by atoms with Gasteiger partial charge in [0.05, 0.1) is 0 Å². The summed E-state index contributed by atoms with van der Waals surface area (Å²) in [4.78, 5) is 28.6. The number of hydrogen-bond donors (Lipinski definition) is 4. The van der Waals surface area contributed by atoms with Crippen molar-refractivity contribution < 1.29 is 28.8 Å². The number of hydrogen-bond acceptors (Lipinski definition) is 4. The van der Waals surface area contributed by atoms with Gasteiger partial charge < -0.3 is 20.2 Å². The number of aliphatic hydroxyl groups excluding tert-OH is 1. The maximum atomic E-state index is 11.6. The van der Waals surface area contributed by atoms with Crippen LogP contribution in [0.2, 0.25) is 0 Å². The first-order valence-corrected chi connectivity index (χ1v) is 12.2. The molecule has 0 spiro atoms. The lowest BCUT2D eigenvalue weighted by atomic mass is 10.1. The van der Waals surface area contributed by atoms with Crippen molar-refractivity contribution in [2.24, 2.45) is 0 Å². The third kappa shape index (κ3) is 21.6. The lowest BCUT2D eigenvalue weighted by molar-refractivity contribution is -0.124. The second-order valence-electron chi connectivity index (χ2n) is 7.20. The SMILES string of the molecule is CCCCCCCC/C=C\CCCCCCCC(=O)N[C@H](O)COP(=O)(O)O. The number of phosphoric ester groups is 1. The van der Waals surface area contributed by atoms with Gasteiger partial charge in [0.25, 0.3) is 0 Å². The predicted molar refractivity (Wildman–Crippen MR) is 112 cm³/mol. The van der Waals surface area contributed by atoms with Crippen LogP contribution in [0.25, 0.3) is 0 Å². The van der Waals surface area contributed by atoms with E-state index in [2.05, 4.69) is 28.9 Å². The molecule has 28 heavy (non-hydrogen) atoms. The Labute approximate surface area is 170 Å². The van der Waals surface area contributed by atoms with E-state index in [1.807, 2.05) is 0 Å². The summed E-state index contributed by atoms with van der Waals surface area (Å²) in [6.45, 7) is 1.60. The van der Waals surface area contributed by atoms with E-state index in [1.165, 1.54) is 44.9 Å². The number of rotatable bonds is 19. The maximum absolute atomic E-state index is 11.6. The molecule has 0 saturated carbocycles. The Bertz CT molecular complexity index is 452. The van der Waals surface area contributed by atoms with Gasteiger partial charge in [0.15, 0.2) is 6.23 Å². The third-order valence-corrected chi connectivity index (χ3v) is 4.88. The quantitative estimate of drug-likeness (QED) is 0.105. The molecule has 0 aliphatic rings. The number of unbranched alkanes of at least 4 members (excludes halogenated alkanes) is 11. The zero-order valence-electron chi connectivity index (χ0n) is 17.4. The number of amides is 1. The van der Waals surface area contributed by atoms with Crippen LogP contribution >= 0.6 is 7.82 Å². The number of aliphatic hydroxyl groups is 1. The molecule has 0 aromatic carbocycles. The summed E-state index contributed by atoms with van der Waals surface area (Å²) < 4.78 is 14.6. The van der Waals surface area contributed by atoms with E-state index in [4.69, 9.17) is 9.79 Å². The molecule has 0 aliphatic carbocycles. The minimum Gasteiger partial charge on any atom is -0.371 e. The molecule has 0 radical (unpaired) electrons. The molecule has 0 saturated heterocycles. The summed E-state index contributed by atoms with van der Waals surface area (Å²) in [5.41, 5.74) is 0. The summed E-state index contributed by atoms with van der Waals surface area (Å²) in [5, 5.41) is 11.6. The van der Waals surface area contributed by atoms with E-state index in [1.54, 1.807) is 0 Å². The van der Waals surface area contributed by atoms with Crippen LogP contribution in [0.3, 0.4) is 0 Å². The van der Waals surface area contributed by atoms with Crippen molar-refractivity contribution in [1.29, 1.82) is 0 Å².